The number of aliphatic hydroxyl groups excluding tert-OH is 1. The third-order valence-electron chi connectivity index (χ3n) is 2.54. The number of hydrogen-bond donors (Lipinski definition) is 4. The van der Waals surface area contributed by atoms with Crippen LogP contribution in [0.3, 0.4) is 0 Å². The van der Waals surface area contributed by atoms with Gasteiger partial charge in [0, 0.05) is 19.5 Å². The molecular formula is C13H17FN2O4. The number of amides is 2. The lowest BCUT2D eigenvalue weighted by Crippen LogP contribution is -2.38. The maximum atomic E-state index is 12.9. The predicted molar refractivity (Wildman–Crippen MR) is 69.6 cm³/mol. The molecule has 0 radical (unpaired) electrons. The maximum Gasteiger partial charge on any atom is 0.314 e. The van der Waals surface area contributed by atoms with Crippen molar-refractivity contribution in [3.05, 3.63) is 35.6 Å². The minimum atomic E-state index is -1.00. The standard InChI is InChI=1S/C13H17FN2O4/c14-10-4-1-3-9(7-10)11(17)8-16-13(20)15-6-2-5-12(18)19/h1,3-4,7,11,17H,2,5-6,8H2,(H,18,19)(H2,15,16,20). The van der Waals surface area contributed by atoms with Gasteiger partial charge in [-0.15, -0.1) is 0 Å². The van der Waals surface area contributed by atoms with Crippen LogP contribution in [0.1, 0.15) is 24.5 Å². The molecule has 0 spiro atoms. The Bertz CT molecular complexity index is 467. The van der Waals surface area contributed by atoms with Gasteiger partial charge in [-0.2, -0.15) is 0 Å². The second kappa shape index (κ2) is 8.11. The number of halogens is 1. The van der Waals surface area contributed by atoms with Gasteiger partial charge in [-0.25, -0.2) is 9.18 Å². The molecule has 1 aromatic rings. The van der Waals surface area contributed by atoms with E-state index in [4.69, 9.17) is 5.11 Å². The molecule has 0 bridgehead atoms. The van der Waals surface area contributed by atoms with E-state index in [-0.39, 0.29) is 19.5 Å². The number of carbonyl (C=O) groups is 2. The molecule has 0 aliphatic carbocycles. The lowest BCUT2D eigenvalue weighted by atomic mass is 10.1. The Morgan fingerprint density at radius 2 is 2.05 bits per heavy atom. The Hall–Kier alpha value is -2.15. The average molecular weight is 284 g/mol. The summed E-state index contributed by atoms with van der Waals surface area (Å²) >= 11 is 0. The SMILES string of the molecule is O=C(O)CCCNC(=O)NCC(O)c1cccc(F)c1. The molecular weight excluding hydrogens is 267 g/mol. The molecule has 0 fully saturated rings. The maximum absolute atomic E-state index is 12.9. The first-order valence-corrected chi connectivity index (χ1v) is 6.16. The van der Waals surface area contributed by atoms with Crippen LogP contribution in [-0.2, 0) is 4.79 Å². The van der Waals surface area contributed by atoms with Gasteiger partial charge in [-0.05, 0) is 24.1 Å². The minimum absolute atomic E-state index is 0.0216. The van der Waals surface area contributed by atoms with Crippen LogP contribution in [0.5, 0.6) is 0 Å². The summed E-state index contributed by atoms with van der Waals surface area (Å²) in [6, 6.07) is 4.97. The number of aliphatic hydroxyl groups is 1. The van der Waals surface area contributed by atoms with Crippen LogP contribution < -0.4 is 10.6 Å². The van der Waals surface area contributed by atoms with Crippen molar-refractivity contribution >= 4 is 12.0 Å². The Kier molecular flexibility index (Phi) is 6.45. The lowest BCUT2D eigenvalue weighted by molar-refractivity contribution is -0.137. The van der Waals surface area contributed by atoms with Crippen molar-refractivity contribution in [2.24, 2.45) is 0 Å². The molecule has 4 N–H and O–H groups in total. The summed E-state index contributed by atoms with van der Waals surface area (Å²) in [6.45, 7) is 0.169. The summed E-state index contributed by atoms with van der Waals surface area (Å²) in [7, 11) is 0. The van der Waals surface area contributed by atoms with Gasteiger partial charge < -0.3 is 20.8 Å². The highest BCUT2D eigenvalue weighted by atomic mass is 19.1. The van der Waals surface area contributed by atoms with Gasteiger partial charge in [0.15, 0.2) is 0 Å². The first-order valence-electron chi connectivity index (χ1n) is 6.16. The molecule has 110 valence electrons. The van der Waals surface area contributed by atoms with Gasteiger partial charge >= 0.3 is 12.0 Å². The second-order valence-corrected chi connectivity index (χ2v) is 4.20. The molecule has 1 unspecified atom stereocenters. The third-order valence-corrected chi connectivity index (χ3v) is 2.54. The molecule has 0 saturated carbocycles. The molecule has 0 aliphatic heterocycles. The molecule has 1 aromatic carbocycles. The number of hydrogen-bond acceptors (Lipinski definition) is 3. The number of nitrogens with one attached hydrogen (secondary N) is 2. The van der Waals surface area contributed by atoms with Crippen LogP contribution in [-0.4, -0.2) is 35.3 Å². The Morgan fingerprint density at radius 3 is 2.70 bits per heavy atom. The molecule has 0 aliphatic rings. The van der Waals surface area contributed by atoms with Crippen molar-refractivity contribution in [1.29, 1.82) is 0 Å². The van der Waals surface area contributed by atoms with Crippen molar-refractivity contribution in [1.82, 2.24) is 10.6 Å². The van der Waals surface area contributed by atoms with E-state index in [1.807, 2.05) is 0 Å². The van der Waals surface area contributed by atoms with Crippen LogP contribution in [0.2, 0.25) is 0 Å². The van der Waals surface area contributed by atoms with E-state index in [1.54, 1.807) is 6.07 Å². The monoisotopic (exact) mass is 284 g/mol. The molecule has 20 heavy (non-hydrogen) atoms. The summed E-state index contributed by atoms with van der Waals surface area (Å²) in [6.07, 6.45) is -0.697. The Morgan fingerprint density at radius 1 is 1.30 bits per heavy atom. The first-order chi connectivity index (χ1) is 9.49. The van der Waals surface area contributed by atoms with E-state index in [0.29, 0.717) is 12.0 Å². The van der Waals surface area contributed by atoms with Gasteiger partial charge in [0.25, 0.3) is 0 Å². The number of aliphatic carboxylic acids is 1. The second-order valence-electron chi connectivity index (χ2n) is 4.20. The van der Waals surface area contributed by atoms with Crippen molar-refractivity contribution in [2.75, 3.05) is 13.1 Å². The zero-order chi connectivity index (χ0) is 15.0. The molecule has 0 aromatic heterocycles. The summed E-state index contributed by atoms with van der Waals surface area (Å²) in [5.74, 6) is -1.38. The van der Waals surface area contributed by atoms with Crippen molar-refractivity contribution in [2.45, 2.75) is 18.9 Å². The van der Waals surface area contributed by atoms with Crippen LogP contribution in [0.25, 0.3) is 0 Å². The van der Waals surface area contributed by atoms with E-state index in [9.17, 15) is 19.1 Å². The third kappa shape index (κ3) is 6.14. The van der Waals surface area contributed by atoms with E-state index in [0.717, 1.165) is 0 Å². The molecule has 7 heteroatoms. The Labute approximate surface area is 115 Å². The number of benzene rings is 1. The zero-order valence-electron chi connectivity index (χ0n) is 10.8. The highest BCUT2D eigenvalue weighted by Crippen LogP contribution is 2.12. The van der Waals surface area contributed by atoms with Crippen LogP contribution in [0.15, 0.2) is 24.3 Å². The van der Waals surface area contributed by atoms with Crippen molar-refractivity contribution in [3.8, 4) is 0 Å². The van der Waals surface area contributed by atoms with Crippen LogP contribution in [0.4, 0.5) is 9.18 Å². The van der Waals surface area contributed by atoms with E-state index in [1.165, 1.54) is 18.2 Å². The van der Waals surface area contributed by atoms with Crippen LogP contribution >= 0.6 is 0 Å². The average Bonchev–Trinajstić information content (AvgIpc) is 2.40. The highest BCUT2D eigenvalue weighted by Gasteiger charge is 2.09. The molecule has 6 nitrogen and oxygen atoms in total. The lowest BCUT2D eigenvalue weighted by Gasteiger charge is -2.13. The van der Waals surface area contributed by atoms with Gasteiger partial charge in [0.05, 0.1) is 6.10 Å². The zero-order valence-corrected chi connectivity index (χ0v) is 10.8. The first kappa shape index (κ1) is 15.9. The smallest absolute Gasteiger partial charge is 0.314 e. The van der Waals surface area contributed by atoms with Gasteiger partial charge in [-0.1, -0.05) is 12.1 Å². The topological polar surface area (TPSA) is 98.7 Å². The minimum Gasteiger partial charge on any atom is -0.481 e. The number of rotatable bonds is 7. The molecule has 2 amide bonds. The number of urea groups is 1. The molecule has 1 rings (SSSR count). The van der Waals surface area contributed by atoms with Crippen molar-refractivity contribution in [3.63, 3.8) is 0 Å². The predicted octanol–water partition coefficient (Wildman–Crippen LogP) is 1.02. The van der Waals surface area contributed by atoms with E-state index in [2.05, 4.69) is 10.6 Å². The van der Waals surface area contributed by atoms with E-state index >= 15 is 0 Å². The molecule has 0 saturated heterocycles. The van der Waals surface area contributed by atoms with E-state index < -0.39 is 23.9 Å². The number of carbonyl (C=O) groups excluding carboxylic acids is 1. The van der Waals surface area contributed by atoms with Gasteiger partial charge in [-0.3, -0.25) is 4.79 Å². The van der Waals surface area contributed by atoms with Crippen molar-refractivity contribution < 1.29 is 24.2 Å². The summed E-state index contributed by atoms with van der Waals surface area (Å²) < 4.78 is 12.9. The van der Waals surface area contributed by atoms with Crippen LogP contribution in [0, 0.1) is 5.82 Å². The summed E-state index contributed by atoms with van der Waals surface area (Å²) in [5, 5.41) is 23.0. The largest absolute Gasteiger partial charge is 0.481 e. The fraction of sp³-hybridized carbons (Fsp3) is 0.385. The normalized spacial score (nSPS) is 11.7. The molecule has 1 atom stereocenters. The number of carboxylic acids is 1. The summed E-state index contributed by atoms with van der Waals surface area (Å²) in [5.41, 5.74) is 0.371. The highest BCUT2D eigenvalue weighted by molar-refractivity contribution is 5.74. The van der Waals surface area contributed by atoms with Gasteiger partial charge in [0.2, 0.25) is 0 Å². The quantitative estimate of drug-likeness (QED) is 0.562. The number of carboxylic acid groups (broad SMARTS) is 1. The van der Waals surface area contributed by atoms with Gasteiger partial charge in [0.1, 0.15) is 5.82 Å². The fourth-order valence-corrected chi connectivity index (χ4v) is 1.53. The molecule has 0 heterocycles. The Balaban J connectivity index is 2.25. The summed E-state index contributed by atoms with van der Waals surface area (Å²) in [4.78, 5) is 21.6. The fourth-order valence-electron chi connectivity index (χ4n) is 1.53.